The Labute approximate surface area is 128 Å². The van der Waals surface area contributed by atoms with Crippen molar-refractivity contribution in [2.24, 2.45) is 4.99 Å². The van der Waals surface area contributed by atoms with E-state index in [0.717, 1.165) is 15.0 Å². The number of anilines is 1. The summed E-state index contributed by atoms with van der Waals surface area (Å²) in [7, 11) is 1.73. The van der Waals surface area contributed by atoms with Crippen LogP contribution in [0.1, 0.15) is 26.3 Å². The molecule has 0 atom stereocenters. The Balaban J connectivity index is 2.50. The minimum Gasteiger partial charge on any atom is -0.495 e. The van der Waals surface area contributed by atoms with Gasteiger partial charge in [-0.2, -0.15) is 0 Å². The van der Waals surface area contributed by atoms with Gasteiger partial charge in [0.25, 0.3) is 0 Å². The summed E-state index contributed by atoms with van der Waals surface area (Å²) in [6, 6.07) is 4.34. The van der Waals surface area contributed by atoms with Crippen LogP contribution in [0.4, 0.5) is 5.69 Å². The van der Waals surface area contributed by atoms with Crippen molar-refractivity contribution >= 4 is 34.5 Å². The van der Waals surface area contributed by atoms with Crippen molar-refractivity contribution in [3.63, 3.8) is 0 Å². The maximum absolute atomic E-state index is 5.57. The molecule has 4 heteroatoms. The number of ether oxygens (including phenoxy) is 1. The third-order valence-electron chi connectivity index (χ3n) is 3.06. The number of methoxy groups -OCH3 is 1. The molecule has 1 heterocycles. The van der Waals surface area contributed by atoms with Crippen LogP contribution in [0.25, 0.3) is 0 Å². The highest BCUT2D eigenvalue weighted by Gasteiger charge is 2.22. The van der Waals surface area contributed by atoms with Gasteiger partial charge in [-0.15, -0.1) is 0 Å². The average molecular weight is 370 g/mol. The van der Waals surface area contributed by atoms with E-state index in [-0.39, 0.29) is 5.41 Å². The zero-order valence-electron chi connectivity index (χ0n) is 11.8. The molecule has 102 valence electrons. The monoisotopic (exact) mass is 370 g/mol. The van der Waals surface area contributed by atoms with Crippen molar-refractivity contribution in [3.8, 4) is 5.75 Å². The van der Waals surface area contributed by atoms with E-state index in [1.54, 1.807) is 7.11 Å². The number of hydrogen-bond acceptors (Lipinski definition) is 3. The van der Waals surface area contributed by atoms with Gasteiger partial charge in [-0.3, -0.25) is 4.99 Å². The molecule has 0 saturated carbocycles. The van der Waals surface area contributed by atoms with E-state index < -0.39 is 0 Å². The van der Waals surface area contributed by atoms with Crippen LogP contribution in [0, 0.1) is 3.57 Å². The molecule has 2 rings (SSSR count). The second-order valence-electron chi connectivity index (χ2n) is 5.54. The molecule has 1 aliphatic heterocycles. The van der Waals surface area contributed by atoms with Gasteiger partial charge in [0, 0.05) is 23.7 Å². The van der Waals surface area contributed by atoms with Crippen molar-refractivity contribution in [2.45, 2.75) is 26.2 Å². The molecule has 1 aromatic carbocycles. The highest BCUT2D eigenvalue weighted by Crippen LogP contribution is 2.38. The fourth-order valence-corrected chi connectivity index (χ4v) is 2.89. The summed E-state index contributed by atoms with van der Waals surface area (Å²) in [5, 5.41) is 0. The molecule has 3 nitrogen and oxygen atoms in total. The number of benzene rings is 1. The predicted molar refractivity (Wildman–Crippen MR) is 89.4 cm³/mol. The molecule has 0 N–H and O–H groups in total. The zero-order valence-corrected chi connectivity index (χ0v) is 13.9. The lowest BCUT2D eigenvalue weighted by Gasteiger charge is -2.27. The summed E-state index contributed by atoms with van der Waals surface area (Å²) in [5.74, 6) is 0.973. The first-order valence-corrected chi connectivity index (χ1v) is 7.32. The van der Waals surface area contributed by atoms with E-state index in [0.29, 0.717) is 6.67 Å². The summed E-state index contributed by atoms with van der Waals surface area (Å²) >= 11 is 2.33. The average Bonchev–Trinajstić information content (AvgIpc) is 2.37. The zero-order chi connectivity index (χ0) is 14.0. The second-order valence-corrected chi connectivity index (χ2v) is 6.70. The van der Waals surface area contributed by atoms with Gasteiger partial charge >= 0.3 is 0 Å². The van der Waals surface area contributed by atoms with Crippen LogP contribution in [0.3, 0.4) is 0 Å². The van der Waals surface area contributed by atoms with Gasteiger partial charge in [0.05, 0.1) is 10.7 Å². The maximum atomic E-state index is 5.57. The predicted octanol–water partition coefficient (Wildman–Crippen LogP) is 3.96. The van der Waals surface area contributed by atoms with Crippen molar-refractivity contribution < 1.29 is 4.74 Å². The Morgan fingerprint density at radius 1 is 1.32 bits per heavy atom. The molecule has 0 aliphatic carbocycles. The molecule has 0 radical (unpaired) electrons. The molecule has 0 bridgehead atoms. The summed E-state index contributed by atoms with van der Waals surface area (Å²) in [6.07, 6.45) is 5.84. The Morgan fingerprint density at radius 2 is 2.05 bits per heavy atom. The minimum atomic E-state index is 0.0457. The molecule has 0 fully saturated rings. The molecule has 0 aromatic heterocycles. The smallest absolute Gasteiger partial charge is 0.136 e. The first-order valence-electron chi connectivity index (χ1n) is 6.25. The Kier molecular flexibility index (Phi) is 4.18. The summed E-state index contributed by atoms with van der Waals surface area (Å²) in [4.78, 5) is 6.42. The SMILES string of the molecule is COc1c(I)cc(N2C=CC=NC2)cc1C(C)(C)C. The lowest BCUT2D eigenvalue weighted by atomic mass is 9.86. The van der Waals surface area contributed by atoms with E-state index in [9.17, 15) is 0 Å². The van der Waals surface area contributed by atoms with Crippen LogP contribution in [0.2, 0.25) is 0 Å². The van der Waals surface area contributed by atoms with E-state index in [2.05, 4.69) is 71.6 Å². The molecule has 0 amide bonds. The topological polar surface area (TPSA) is 24.8 Å². The van der Waals surface area contributed by atoms with Crippen LogP contribution < -0.4 is 9.64 Å². The van der Waals surface area contributed by atoms with Crippen LogP contribution in [0.15, 0.2) is 29.4 Å². The Morgan fingerprint density at radius 3 is 2.58 bits per heavy atom. The van der Waals surface area contributed by atoms with Gasteiger partial charge < -0.3 is 9.64 Å². The fraction of sp³-hybridized carbons (Fsp3) is 0.400. The first kappa shape index (κ1) is 14.4. The second kappa shape index (κ2) is 5.53. The van der Waals surface area contributed by atoms with Crippen LogP contribution >= 0.6 is 22.6 Å². The standard InChI is InChI=1S/C15H19IN2O/c1-15(2,3)12-8-11(9-13(16)14(12)19-4)18-7-5-6-17-10-18/h5-9H,10H2,1-4H3. The van der Waals surface area contributed by atoms with E-state index in [1.165, 1.54) is 5.56 Å². The van der Waals surface area contributed by atoms with Gasteiger partial charge in [0.1, 0.15) is 12.4 Å². The molecule has 1 aromatic rings. The minimum absolute atomic E-state index is 0.0457. The normalized spacial score (nSPS) is 14.9. The Hall–Kier alpha value is -1.04. The van der Waals surface area contributed by atoms with Gasteiger partial charge in [-0.25, -0.2) is 0 Å². The van der Waals surface area contributed by atoms with Crippen molar-refractivity contribution in [1.29, 1.82) is 0 Å². The third-order valence-corrected chi connectivity index (χ3v) is 3.86. The maximum Gasteiger partial charge on any atom is 0.136 e. The molecule has 1 aliphatic rings. The number of aliphatic imine (C=N–C) groups is 1. The first-order chi connectivity index (χ1) is 8.93. The highest BCUT2D eigenvalue weighted by atomic mass is 127. The Bertz CT molecular complexity index is 530. The summed E-state index contributed by atoms with van der Waals surface area (Å²) in [5.41, 5.74) is 2.42. The fourth-order valence-electron chi connectivity index (χ4n) is 2.06. The van der Waals surface area contributed by atoms with Gasteiger partial charge in [-0.1, -0.05) is 20.8 Å². The lowest BCUT2D eigenvalue weighted by molar-refractivity contribution is 0.394. The number of hydrogen-bond donors (Lipinski definition) is 0. The van der Waals surface area contributed by atoms with Crippen molar-refractivity contribution in [2.75, 3.05) is 18.7 Å². The number of nitrogens with zero attached hydrogens (tertiary/aromatic N) is 2. The number of halogens is 1. The summed E-state index contributed by atoms with van der Waals surface area (Å²) < 4.78 is 6.70. The molecule has 0 spiro atoms. The third kappa shape index (κ3) is 3.11. The molecular weight excluding hydrogens is 351 g/mol. The number of rotatable bonds is 2. The number of allylic oxidation sites excluding steroid dienone is 1. The van der Waals surface area contributed by atoms with Crippen LogP contribution in [-0.2, 0) is 5.41 Å². The molecule has 0 saturated heterocycles. The van der Waals surface area contributed by atoms with Crippen molar-refractivity contribution in [3.05, 3.63) is 33.5 Å². The van der Waals surface area contributed by atoms with E-state index >= 15 is 0 Å². The van der Waals surface area contributed by atoms with E-state index in [1.807, 2.05) is 12.3 Å². The lowest BCUT2D eigenvalue weighted by Crippen LogP contribution is -2.20. The summed E-state index contributed by atoms with van der Waals surface area (Å²) in [6.45, 7) is 7.28. The highest BCUT2D eigenvalue weighted by molar-refractivity contribution is 14.1. The van der Waals surface area contributed by atoms with Crippen LogP contribution in [-0.4, -0.2) is 20.0 Å². The van der Waals surface area contributed by atoms with Gasteiger partial charge in [0.2, 0.25) is 0 Å². The van der Waals surface area contributed by atoms with Gasteiger partial charge in [-0.05, 0) is 46.2 Å². The van der Waals surface area contributed by atoms with Gasteiger partial charge in [0.15, 0.2) is 0 Å². The molecule has 19 heavy (non-hydrogen) atoms. The quantitative estimate of drug-likeness (QED) is 0.737. The van der Waals surface area contributed by atoms with Crippen LogP contribution in [0.5, 0.6) is 5.75 Å². The largest absolute Gasteiger partial charge is 0.495 e. The molecule has 0 unspecified atom stereocenters. The molecular formula is C15H19IN2O. The van der Waals surface area contributed by atoms with E-state index in [4.69, 9.17) is 4.74 Å². The van der Waals surface area contributed by atoms with Crippen molar-refractivity contribution in [1.82, 2.24) is 0 Å².